The van der Waals surface area contributed by atoms with E-state index in [9.17, 15) is 0 Å². The zero-order chi connectivity index (χ0) is 20.4. The van der Waals surface area contributed by atoms with Crippen molar-refractivity contribution >= 4 is 0 Å². The van der Waals surface area contributed by atoms with E-state index in [-0.39, 0.29) is 5.41 Å². The first kappa shape index (κ1) is 23.0. The summed E-state index contributed by atoms with van der Waals surface area (Å²) in [5.74, 6) is 0.495. The molecular weight excluding hydrogens is 324 g/mol. The molecule has 0 radical (unpaired) electrons. The molecule has 1 aromatic carbocycles. The first-order chi connectivity index (χ1) is 12.9. The second-order valence-corrected chi connectivity index (χ2v) is 7.71. The van der Waals surface area contributed by atoms with Gasteiger partial charge in [0.05, 0.1) is 0 Å². The summed E-state index contributed by atoms with van der Waals surface area (Å²) in [6.45, 7) is 21.9. The van der Waals surface area contributed by atoms with Gasteiger partial charge in [0.25, 0.3) is 0 Å². The average Bonchev–Trinajstić information content (AvgIpc) is 2.68. The molecule has 1 aromatic rings. The summed E-state index contributed by atoms with van der Waals surface area (Å²) >= 11 is 0. The second-order valence-electron chi connectivity index (χ2n) is 7.71. The van der Waals surface area contributed by atoms with Crippen LogP contribution in [0.15, 0.2) is 60.2 Å². The molecule has 0 aliphatic carbocycles. The summed E-state index contributed by atoms with van der Waals surface area (Å²) in [4.78, 5) is 0. The Labute approximate surface area is 168 Å². The zero-order valence-electron chi connectivity index (χ0n) is 18.4. The van der Waals surface area contributed by atoms with E-state index in [1.165, 1.54) is 41.5 Å². The van der Waals surface area contributed by atoms with Crippen LogP contribution in [0.4, 0.5) is 0 Å². The third-order valence-electron chi connectivity index (χ3n) is 5.86. The summed E-state index contributed by atoms with van der Waals surface area (Å²) in [6.07, 6.45) is 12.1. The molecule has 1 rings (SSSR count). The lowest BCUT2D eigenvalue weighted by molar-refractivity contribution is 0.554. The van der Waals surface area contributed by atoms with Gasteiger partial charge in [0.2, 0.25) is 0 Å². The molecule has 2 atom stereocenters. The van der Waals surface area contributed by atoms with Gasteiger partial charge in [-0.25, -0.2) is 0 Å². The molecule has 0 aliphatic heterocycles. The first-order valence-corrected chi connectivity index (χ1v) is 10.5. The van der Waals surface area contributed by atoms with Crippen LogP contribution in [0.3, 0.4) is 0 Å². The van der Waals surface area contributed by atoms with Crippen LogP contribution < -0.4 is 0 Å². The normalized spacial score (nSPS) is 15.6. The summed E-state index contributed by atoms with van der Waals surface area (Å²) in [6, 6.07) is 10.9. The molecule has 0 heterocycles. The Kier molecular flexibility index (Phi) is 9.37. The third-order valence-corrected chi connectivity index (χ3v) is 5.86. The lowest BCUT2D eigenvalue weighted by atomic mass is 9.65. The van der Waals surface area contributed by atoms with Gasteiger partial charge in [-0.3, -0.25) is 0 Å². The van der Waals surface area contributed by atoms with Crippen molar-refractivity contribution in [3.05, 3.63) is 83.5 Å². The molecule has 0 aliphatic rings. The van der Waals surface area contributed by atoms with Gasteiger partial charge in [0.1, 0.15) is 0 Å². The fourth-order valence-corrected chi connectivity index (χ4v) is 3.85. The molecule has 0 amide bonds. The van der Waals surface area contributed by atoms with Crippen molar-refractivity contribution in [2.24, 2.45) is 0 Å². The maximum Gasteiger partial charge on any atom is 0.0485 e. The van der Waals surface area contributed by atoms with Gasteiger partial charge in [-0.05, 0) is 62.3 Å². The van der Waals surface area contributed by atoms with Crippen LogP contribution in [0, 0.1) is 12.1 Å². The summed E-state index contributed by atoms with van der Waals surface area (Å²) in [7, 11) is 0. The highest BCUT2D eigenvalue weighted by atomic mass is 14.4. The van der Waals surface area contributed by atoms with Gasteiger partial charge in [0.15, 0.2) is 0 Å². The third kappa shape index (κ3) is 5.26. The van der Waals surface area contributed by atoms with Crippen LogP contribution in [-0.2, 0) is 5.41 Å². The standard InChI is InChI=1S/C27H38/c1-9-13-16-23(8)25-17-14-15-18-26(25)27(12-4,21(5)6)24(11-3)20-19-22(7)10-2/h11,14,17,19-20,23H,3,5,9-10,12-13,16H2,1-2,4,6-8H3/b22-19-,24-20+. The van der Waals surface area contributed by atoms with Crippen LogP contribution >= 0.6 is 0 Å². The van der Waals surface area contributed by atoms with E-state index in [1.54, 1.807) is 0 Å². The van der Waals surface area contributed by atoms with Crippen LogP contribution in [-0.4, -0.2) is 0 Å². The van der Waals surface area contributed by atoms with E-state index in [0.717, 1.165) is 18.4 Å². The molecule has 0 saturated heterocycles. The Balaban J connectivity index is 3.65. The Morgan fingerprint density at radius 1 is 1.22 bits per heavy atom. The molecular formula is C27H38. The lowest BCUT2D eigenvalue weighted by Gasteiger charge is -2.37. The quantitative estimate of drug-likeness (QED) is 0.274. The Morgan fingerprint density at radius 3 is 2.44 bits per heavy atom. The Morgan fingerprint density at radius 2 is 1.93 bits per heavy atom. The van der Waals surface area contributed by atoms with E-state index < -0.39 is 0 Å². The number of hydrogen-bond acceptors (Lipinski definition) is 0. The Hall–Kier alpha value is -2.00. The number of rotatable bonds is 11. The monoisotopic (exact) mass is 362 g/mol. The first-order valence-electron chi connectivity index (χ1n) is 10.5. The van der Waals surface area contributed by atoms with E-state index >= 15 is 0 Å². The fourth-order valence-electron chi connectivity index (χ4n) is 3.85. The maximum atomic E-state index is 4.41. The van der Waals surface area contributed by atoms with Crippen LogP contribution in [0.1, 0.15) is 90.7 Å². The van der Waals surface area contributed by atoms with E-state index in [0.29, 0.717) is 5.92 Å². The summed E-state index contributed by atoms with van der Waals surface area (Å²) in [5, 5.41) is 0. The largest absolute Gasteiger partial charge is 0.0989 e. The molecule has 0 nitrogen and oxygen atoms in total. The average molecular weight is 363 g/mol. The zero-order valence-corrected chi connectivity index (χ0v) is 18.4. The van der Waals surface area contributed by atoms with Crippen molar-refractivity contribution in [2.75, 3.05) is 0 Å². The minimum absolute atomic E-state index is 0.278. The number of unbranched alkanes of at least 4 members (excludes halogenated alkanes) is 1. The molecule has 0 heteroatoms. The van der Waals surface area contributed by atoms with Crippen LogP contribution in [0.25, 0.3) is 0 Å². The second kappa shape index (κ2) is 11.0. The molecule has 0 bridgehead atoms. The number of hydrogen-bond donors (Lipinski definition) is 0. The predicted molar refractivity (Wildman–Crippen MR) is 121 cm³/mol. The van der Waals surface area contributed by atoms with E-state index in [4.69, 9.17) is 0 Å². The highest BCUT2D eigenvalue weighted by Crippen LogP contribution is 2.45. The van der Waals surface area contributed by atoms with Gasteiger partial charge in [0, 0.05) is 11.0 Å². The van der Waals surface area contributed by atoms with E-state index in [2.05, 4.69) is 85.1 Å². The summed E-state index contributed by atoms with van der Waals surface area (Å²) in [5.41, 5.74) is 6.01. The molecule has 0 spiro atoms. The molecule has 0 fully saturated rings. The van der Waals surface area contributed by atoms with E-state index in [1.807, 2.05) is 12.1 Å². The summed E-state index contributed by atoms with van der Waals surface area (Å²) < 4.78 is 0. The van der Waals surface area contributed by atoms with Crippen molar-refractivity contribution in [1.29, 1.82) is 0 Å². The molecule has 146 valence electrons. The highest BCUT2D eigenvalue weighted by Gasteiger charge is 2.37. The highest BCUT2D eigenvalue weighted by molar-refractivity contribution is 5.52. The molecule has 0 N–H and O–H groups in total. The molecule has 0 aromatic heterocycles. The van der Waals surface area contributed by atoms with Gasteiger partial charge in [-0.2, -0.15) is 0 Å². The van der Waals surface area contributed by atoms with Crippen molar-refractivity contribution < 1.29 is 0 Å². The van der Waals surface area contributed by atoms with Gasteiger partial charge < -0.3 is 0 Å². The maximum absolute atomic E-state index is 4.41. The minimum Gasteiger partial charge on any atom is -0.0989 e. The van der Waals surface area contributed by atoms with Crippen molar-refractivity contribution in [1.82, 2.24) is 0 Å². The van der Waals surface area contributed by atoms with Crippen molar-refractivity contribution in [2.45, 2.75) is 85.0 Å². The van der Waals surface area contributed by atoms with Gasteiger partial charge in [-0.1, -0.05) is 95.2 Å². The van der Waals surface area contributed by atoms with Crippen molar-refractivity contribution in [3.63, 3.8) is 0 Å². The fraction of sp³-hybridized carbons (Fsp3) is 0.481. The smallest absolute Gasteiger partial charge is 0.0485 e. The molecule has 0 saturated carbocycles. The molecule has 2 unspecified atom stereocenters. The van der Waals surface area contributed by atoms with Crippen LogP contribution in [0.5, 0.6) is 0 Å². The van der Waals surface area contributed by atoms with Crippen LogP contribution in [0.2, 0.25) is 0 Å². The van der Waals surface area contributed by atoms with Gasteiger partial charge >= 0.3 is 0 Å². The minimum atomic E-state index is -0.278. The SMILES string of the molecule is C=C/C(=C\C=C(\C)CC)C(CC)(C(=C)C)c1c#cccc1C(C)CCCC. The van der Waals surface area contributed by atoms with Gasteiger partial charge in [-0.15, -0.1) is 0 Å². The lowest BCUT2D eigenvalue weighted by Crippen LogP contribution is -2.30. The molecule has 27 heavy (non-hydrogen) atoms. The predicted octanol–water partition coefficient (Wildman–Crippen LogP) is 8.27. The topological polar surface area (TPSA) is 0 Å². The number of allylic oxidation sites excluding steroid dienone is 6. The Bertz CT molecular complexity index is 686. The van der Waals surface area contributed by atoms with Crippen molar-refractivity contribution in [3.8, 4) is 0 Å².